The summed E-state index contributed by atoms with van der Waals surface area (Å²) < 4.78 is 5.17. The number of rotatable bonds is 5. The Morgan fingerprint density at radius 2 is 1.63 bits per heavy atom. The lowest BCUT2D eigenvalue weighted by atomic mass is 10.0. The van der Waals surface area contributed by atoms with E-state index in [0.717, 1.165) is 51.3 Å². The van der Waals surface area contributed by atoms with Crippen LogP contribution in [0.1, 0.15) is 22.5 Å². The molecule has 0 unspecified atom stereocenters. The summed E-state index contributed by atoms with van der Waals surface area (Å²) in [6.07, 6.45) is 3.59. The number of aryl methyl sites for hydroxylation is 1. The van der Waals surface area contributed by atoms with E-state index in [4.69, 9.17) is 4.42 Å². The van der Waals surface area contributed by atoms with Gasteiger partial charge in [0, 0.05) is 38.4 Å². The van der Waals surface area contributed by atoms with Crippen LogP contribution in [0.3, 0.4) is 0 Å². The first kappa shape index (κ1) is 17.9. The Bertz CT molecular complexity index is 795. The van der Waals surface area contributed by atoms with Crippen LogP contribution in [0.2, 0.25) is 0 Å². The van der Waals surface area contributed by atoms with Crippen LogP contribution < -0.4 is 4.90 Å². The van der Waals surface area contributed by atoms with Crippen LogP contribution in [-0.2, 0) is 11.2 Å². The summed E-state index contributed by atoms with van der Waals surface area (Å²) in [6.45, 7) is 4.78. The Morgan fingerprint density at radius 1 is 0.889 bits per heavy atom. The van der Waals surface area contributed by atoms with Gasteiger partial charge < -0.3 is 9.32 Å². The minimum atomic E-state index is 0.00875. The molecule has 142 valence electrons. The number of benzene rings is 1. The minimum Gasteiger partial charge on any atom is -0.461 e. The van der Waals surface area contributed by atoms with Crippen molar-refractivity contribution in [2.45, 2.75) is 12.8 Å². The van der Waals surface area contributed by atoms with Gasteiger partial charge in [-0.1, -0.05) is 18.2 Å². The third-order valence-corrected chi connectivity index (χ3v) is 5.40. The fourth-order valence-corrected chi connectivity index (χ4v) is 3.89. The van der Waals surface area contributed by atoms with Crippen molar-refractivity contribution in [1.29, 1.82) is 0 Å². The molecule has 3 heterocycles. The van der Waals surface area contributed by atoms with Crippen molar-refractivity contribution in [2.75, 3.05) is 50.7 Å². The molecule has 0 spiro atoms. The molecule has 6 heteroatoms. The summed E-state index contributed by atoms with van der Waals surface area (Å²) in [5.41, 5.74) is 2.33. The zero-order valence-electron chi connectivity index (χ0n) is 15.5. The predicted octanol–water partition coefficient (Wildman–Crippen LogP) is 2.06. The van der Waals surface area contributed by atoms with Crippen LogP contribution in [0.15, 0.2) is 47.1 Å². The minimum absolute atomic E-state index is 0.00875. The molecule has 2 aliphatic heterocycles. The standard InChI is InChI=1S/C21H25N3O3/c25-19(20-8-4-14-27-20)15-22-10-12-23(13-11-22)16-21(26)24-9-3-6-17-5-1-2-7-18(17)24/h1-2,4-5,7-8,14H,3,6,9-13,15-16H2. The number of piperazine rings is 1. The number of nitrogens with zero attached hydrogens (tertiary/aromatic N) is 3. The third-order valence-electron chi connectivity index (χ3n) is 5.40. The number of hydrogen-bond donors (Lipinski definition) is 0. The Morgan fingerprint density at radius 3 is 2.37 bits per heavy atom. The molecule has 0 radical (unpaired) electrons. The average Bonchev–Trinajstić information content (AvgIpc) is 3.24. The summed E-state index contributed by atoms with van der Waals surface area (Å²) in [5.74, 6) is 0.591. The molecule has 6 nitrogen and oxygen atoms in total. The van der Waals surface area contributed by atoms with E-state index < -0.39 is 0 Å². The maximum absolute atomic E-state index is 12.8. The van der Waals surface area contributed by atoms with Crippen molar-refractivity contribution in [3.8, 4) is 0 Å². The molecule has 0 saturated carbocycles. The molecule has 1 aromatic carbocycles. The highest BCUT2D eigenvalue weighted by Crippen LogP contribution is 2.26. The van der Waals surface area contributed by atoms with Gasteiger partial charge in [-0.3, -0.25) is 19.4 Å². The normalized spacial score (nSPS) is 18.3. The highest BCUT2D eigenvalue weighted by molar-refractivity contribution is 5.96. The van der Waals surface area contributed by atoms with Crippen molar-refractivity contribution in [3.63, 3.8) is 0 Å². The fourth-order valence-electron chi connectivity index (χ4n) is 3.89. The first-order chi connectivity index (χ1) is 13.2. The van der Waals surface area contributed by atoms with Crippen LogP contribution >= 0.6 is 0 Å². The topological polar surface area (TPSA) is 57.0 Å². The van der Waals surface area contributed by atoms with E-state index in [1.54, 1.807) is 12.1 Å². The molecule has 0 bridgehead atoms. The first-order valence-corrected chi connectivity index (χ1v) is 9.60. The third kappa shape index (κ3) is 4.12. The molecule has 0 atom stereocenters. The van der Waals surface area contributed by atoms with Crippen LogP contribution in [0.5, 0.6) is 0 Å². The van der Waals surface area contributed by atoms with E-state index in [1.807, 2.05) is 23.1 Å². The van der Waals surface area contributed by atoms with Gasteiger partial charge in [0.1, 0.15) is 0 Å². The van der Waals surface area contributed by atoms with Gasteiger partial charge >= 0.3 is 0 Å². The Kier molecular flexibility index (Phi) is 5.36. The number of para-hydroxylation sites is 1. The van der Waals surface area contributed by atoms with E-state index in [-0.39, 0.29) is 11.7 Å². The zero-order chi connectivity index (χ0) is 18.6. The van der Waals surface area contributed by atoms with Crippen molar-refractivity contribution in [2.24, 2.45) is 0 Å². The second-order valence-corrected chi connectivity index (χ2v) is 7.23. The van der Waals surface area contributed by atoms with Gasteiger partial charge in [-0.2, -0.15) is 0 Å². The summed E-state index contributed by atoms with van der Waals surface area (Å²) >= 11 is 0. The van der Waals surface area contributed by atoms with Gasteiger partial charge in [0.2, 0.25) is 11.7 Å². The molecule has 1 saturated heterocycles. The lowest BCUT2D eigenvalue weighted by molar-refractivity contribution is -0.120. The van der Waals surface area contributed by atoms with E-state index in [9.17, 15) is 9.59 Å². The zero-order valence-corrected chi connectivity index (χ0v) is 15.5. The Hall–Kier alpha value is -2.44. The molecule has 2 aliphatic rings. The largest absolute Gasteiger partial charge is 0.461 e. The number of furan rings is 1. The van der Waals surface area contributed by atoms with E-state index in [2.05, 4.69) is 15.9 Å². The van der Waals surface area contributed by atoms with Gasteiger partial charge in [-0.25, -0.2) is 0 Å². The summed E-state index contributed by atoms with van der Waals surface area (Å²) in [4.78, 5) is 31.2. The SMILES string of the molecule is O=C(CN1CCN(CC(=O)N2CCCc3ccccc32)CC1)c1ccco1. The molecule has 4 rings (SSSR count). The summed E-state index contributed by atoms with van der Waals surface area (Å²) in [5, 5.41) is 0. The second-order valence-electron chi connectivity index (χ2n) is 7.23. The number of carbonyl (C=O) groups excluding carboxylic acids is 2. The number of anilines is 1. The first-order valence-electron chi connectivity index (χ1n) is 9.60. The van der Waals surface area contributed by atoms with Crippen LogP contribution in [0.25, 0.3) is 0 Å². The van der Waals surface area contributed by atoms with E-state index in [0.29, 0.717) is 18.8 Å². The summed E-state index contributed by atoms with van der Waals surface area (Å²) in [7, 11) is 0. The highest BCUT2D eigenvalue weighted by Gasteiger charge is 2.26. The molecule has 0 N–H and O–H groups in total. The van der Waals surface area contributed by atoms with Gasteiger partial charge in [-0.15, -0.1) is 0 Å². The molecular formula is C21H25N3O3. The Balaban J connectivity index is 1.28. The van der Waals surface area contributed by atoms with Crippen LogP contribution in [0, 0.1) is 0 Å². The molecule has 1 fully saturated rings. The maximum atomic E-state index is 12.8. The number of carbonyl (C=O) groups is 2. The van der Waals surface area contributed by atoms with Crippen molar-refractivity contribution >= 4 is 17.4 Å². The van der Waals surface area contributed by atoms with Gasteiger partial charge in [0.15, 0.2) is 5.76 Å². The molecule has 1 aromatic heterocycles. The van der Waals surface area contributed by atoms with Gasteiger partial charge in [-0.05, 0) is 36.6 Å². The van der Waals surface area contributed by atoms with Gasteiger partial charge in [0.25, 0.3) is 0 Å². The molecule has 27 heavy (non-hydrogen) atoms. The van der Waals surface area contributed by atoms with E-state index in [1.165, 1.54) is 11.8 Å². The van der Waals surface area contributed by atoms with Crippen LogP contribution in [0.4, 0.5) is 5.69 Å². The molecule has 2 aromatic rings. The lowest BCUT2D eigenvalue weighted by Crippen LogP contribution is -2.51. The number of ketones is 1. The van der Waals surface area contributed by atoms with Crippen molar-refractivity contribution < 1.29 is 14.0 Å². The number of fused-ring (bicyclic) bond motifs is 1. The van der Waals surface area contributed by atoms with Crippen molar-refractivity contribution in [3.05, 3.63) is 54.0 Å². The van der Waals surface area contributed by atoms with Gasteiger partial charge in [0.05, 0.1) is 19.4 Å². The molecular weight excluding hydrogens is 342 g/mol. The Labute approximate surface area is 159 Å². The predicted molar refractivity (Wildman–Crippen MR) is 103 cm³/mol. The monoisotopic (exact) mass is 367 g/mol. The van der Waals surface area contributed by atoms with Crippen LogP contribution in [-0.4, -0.2) is 67.3 Å². The van der Waals surface area contributed by atoms with E-state index >= 15 is 0 Å². The second kappa shape index (κ2) is 8.06. The molecule has 1 amide bonds. The number of amides is 1. The summed E-state index contributed by atoms with van der Waals surface area (Å²) in [6, 6.07) is 11.6. The molecule has 0 aliphatic carbocycles. The quantitative estimate of drug-likeness (QED) is 0.757. The number of hydrogen-bond acceptors (Lipinski definition) is 5. The smallest absolute Gasteiger partial charge is 0.241 e. The highest BCUT2D eigenvalue weighted by atomic mass is 16.3. The maximum Gasteiger partial charge on any atom is 0.241 e. The lowest BCUT2D eigenvalue weighted by Gasteiger charge is -2.36. The average molecular weight is 367 g/mol. The number of Topliss-reactive ketones (excluding diaryl/α,β-unsaturated/α-hetero) is 1. The fraction of sp³-hybridized carbons (Fsp3) is 0.429. The van der Waals surface area contributed by atoms with Crippen molar-refractivity contribution in [1.82, 2.24) is 9.80 Å².